The Labute approximate surface area is 273 Å². The van der Waals surface area contributed by atoms with E-state index in [2.05, 4.69) is 26.3 Å². The number of likely N-dealkylation sites (N-methyl/N-ethyl adjacent to an activating group) is 1. The highest BCUT2D eigenvalue weighted by Crippen LogP contribution is 2.48. The van der Waals surface area contributed by atoms with E-state index in [4.69, 9.17) is 30.5 Å². The van der Waals surface area contributed by atoms with Crippen LogP contribution in [-0.2, 0) is 27.4 Å². The van der Waals surface area contributed by atoms with Crippen molar-refractivity contribution in [3.8, 4) is 23.2 Å². The molecule has 0 radical (unpaired) electrons. The number of fused-ring (bicyclic) bond motifs is 4. The van der Waals surface area contributed by atoms with Crippen LogP contribution >= 0.6 is 22.9 Å². The average molecular weight is 670 g/mol. The number of hydrogen-bond donors (Lipinski definition) is 2. The topological polar surface area (TPSA) is 139 Å². The molecular formula is C32H33ClFN5O6S. The van der Waals surface area contributed by atoms with Crippen LogP contribution in [0.2, 0.25) is 5.02 Å². The van der Waals surface area contributed by atoms with Gasteiger partial charge in [0, 0.05) is 30.6 Å². The lowest BCUT2D eigenvalue weighted by Crippen LogP contribution is -2.38. The number of benzene rings is 2. The highest BCUT2D eigenvalue weighted by atomic mass is 35.5. The number of halogens is 2. The van der Waals surface area contributed by atoms with Crippen LogP contribution in [0.3, 0.4) is 0 Å². The number of rotatable bonds is 6. The van der Waals surface area contributed by atoms with Crippen molar-refractivity contribution in [1.29, 1.82) is 5.26 Å². The van der Waals surface area contributed by atoms with Crippen LogP contribution in [0.25, 0.3) is 32.1 Å². The SMILES string of the molecule is CO[C@@H]1C[C@@H]([C@H](C)Oc2nc3c(Cl)c(-c4ccc(F)c5sc(NC(=O)OC(C)(C)C)c(C#N)c45)c4c(c3c(=O)[nH]2)COC4)N(C)C1. The number of nitrogens with zero attached hydrogens (tertiary/aromatic N) is 3. The molecule has 0 saturated carbocycles. The lowest BCUT2D eigenvalue weighted by atomic mass is 9.91. The summed E-state index contributed by atoms with van der Waals surface area (Å²) < 4.78 is 38.3. The number of H-pyrrole nitrogens is 1. The molecule has 0 unspecified atom stereocenters. The number of amides is 1. The van der Waals surface area contributed by atoms with E-state index in [1.165, 1.54) is 12.1 Å². The van der Waals surface area contributed by atoms with Crippen molar-refractivity contribution < 1.29 is 28.1 Å². The van der Waals surface area contributed by atoms with E-state index in [1.54, 1.807) is 27.9 Å². The summed E-state index contributed by atoms with van der Waals surface area (Å²) >= 11 is 8.03. The van der Waals surface area contributed by atoms with Crippen molar-refractivity contribution in [2.45, 2.75) is 71.2 Å². The summed E-state index contributed by atoms with van der Waals surface area (Å²) in [7, 11) is 3.67. The van der Waals surface area contributed by atoms with Gasteiger partial charge >= 0.3 is 6.09 Å². The predicted molar refractivity (Wildman–Crippen MR) is 173 cm³/mol. The highest BCUT2D eigenvalue weighted by molar-refractivity contribution is 7.23. The maximum absolute atomic E-state index is 15.3. The summed E-state index contributed by atoms with van der Waals surface area (Å²) in [5, 5.41) is 13.6. The van der Waals surface area contributed by atoms with E-state index in [1.807, 2.05) is 14.0 Å². The number of aromatic nitrogens is 2. The average Bonchev–Trinajstić information content (AvgIpc) is 3.70. The third-order valence-electron chi connectivity index (χ3n) is 8.31. The van der Waals surface area contributed by atoms with Crippen molar-refractivity contribution in [3.05, 3.63) is 50.0 Å². The molecule has 4 aromatic rings. The monoisotopic (exact) mass is 669 g/mol. The molecule has 11 nitrogen and oxygen atoms in total. The number of anilines is 1. The number of likely N-dealkylation sites (tertiary alicyclic amines) is 1. The Morgan fingerprint density at radius 2 is 2.04 bits per heavy atom. The van der Waals surface area contributed by atoms with Gasteiger partial charge in [-0.15, -0.1) is 11.3 Å². The summed E-state index contributed by atoms with van der Waals surface area (Å²) in [5.74, 6) is -0.575. The first-order valence-electron chi connectivity index (χ1n) is 14.7. The molecule has 1 fully saturated rings. The van der Waals surface area contributed by atoms with E-state index in [9.17, 15) is 14.9 Å². The van der Waals surface area contributed by atoms with Gasteiger partial charge in [0.05, 0.1) is 40.0 Å². The van der Waals surface area contributed by atoms with Crippen LogP contribution in [0.15, 0.2) is 16.9 Å². The summed E-state index contributed by atoms with van der Waals surface area (Å²) in [6.07, 6.45) is -0.276. The number of methoxy groups -OCH3 is 1. The normalized spacial score (nSPS) is 18.9. The Balaban J connectivity index is 1.50. The van der Waals surface area contributed by atoms with Crippen molar-refractivity contribution >= 4 is 55.0 Å². The second kappa shape index (κ2) is 12.1. The van der Waals surface area contributed by atoms with Gasteiger partial charge in [0.25, 0.3) is 11.6 Å². The third kappa shape index (κ3) is 5.69. The van der Waals surface area contributed by atoms with E-state index in [0.29, 0.717) is 22.3 Å². The Kier molecular flexibility index (Phi) is 8.45. The van der Waals surface area contributed by atoms with Gasteiger partial charge in [-0.05, 0) is 63.9 Å². The Bertz CT molecular complexity index is 1980. The zero-order valence-corrected chi connectivity index (χ0v) is 27.7. The molecule has 0 spiro atoms. The number of hydrogen-bond acceptors (Lipinski definition) is 10. The summed E-state index contributed by atoms with van der Waals surface area (Å²) in [6.45, 7) is 8.07. The minimum atomic E-state index is -0.784. The van der Waals surface area contributed by atoms with Gasteiger partial charge in [0.2, 0.25) is 0 Å². The molecule has 2 aromatic heterocycles. The smallest absolute Gasteiger partial charge is 0.412 e. The first kappa shape index (κ1) is 32.2. The summed E-state index contributed by atoms with van der Waals surface area (Å²) in [4.78, 5) is 35.7. The maximum atomic E-state index is 15.3. The fourth-order valence-electron chi connectivity index (χ4n) is 6.28. The molecule has 3 atom stereocenters. The Hall–Kier alpha value is -3.80. The minimum Gasteiger partial charge on any atom is -0.460 e. The number of carbonyl (C=O) groups is 1. The van der Waals surface area contributed by atoms with Crippen molar-refractivity contribution in [2.24, 2.45) is 0 Å². The molecule has 4 heterocycles. The summed E-state index contributed by atoms with van der Waals surface area (Å²) in [6, 6.07) is 4.97. The molecule has 1 saturated heterocycles. The van der Waals surface area contributed by atoms with Gasteiger partial charge in [0.15, 0.2) is 0 Å². The van der Waals surface area contributed by atoms with Gasteiger partial charge < -0.3 is 18.9 Å². The molecule has 0 bridgehead atoms. The Morgan fingerprint density at radius 1 is 1.30 bits per heavy atom. The molecule has 2 N–H and O–H groups in total. The van der Waals surface area contributed by atoms with Crippen molar-refractivity contribution in [3.63, 3.8) is 0 Å². The van der Waals surface area contributed by atoms with Crippen molar-refractivity contribution in [2.75, 3.05) is 26.0 Å². The first-order valence-corrected chi connectivity index (χ1v) is 15.9. The van der Waals surface area contributed by atoms with Crippen LogP contribution in [0.4, 0.5) is 14.2 Å². The largest absolute Gasteiger partial charge is 0.460 e. The highest BCUT2D eigenvalue weighted by Gasteiger charge is 2.35. The quantitative estimate of drug-likeness (QED) is 0.241. The van der Waals surface area contributed by atoms with Crippen LogP contribution in [0.5, 0.6) is 6.01 Å². The third-order valence-corrected chi connectivity index (χ3v) is 9.79. The fraction of sp³-hybridized carbons (Fsp3) is 0.438. The van der Waals surface area contributed by atoms with E-state index in [-0.39, 0.29) is 74.1 Å². The number of nitrogens with one attached hydrogen (secondary N) is 2. The van der Waals surface area contributed by atoms with Crippen LogP contribution < -0.4 is 15.6 Å². The lowest BCUT2D eigenvalue weighted by molar-refractivity contribution is 0.0636. The molecule has 242 valence electrons. The van der Waals surface area contributed by atoms with Gasteiger partial charge in [-0.3, -0.25) is 20.0 Å². The van der Waals surface area contributed by atoms with Crippen LogP contribution in [-0.4, -0.2) is 65.5 Å². The second-order valence-electron chi connectivity index (χ2n) is 12.5. The van der Waals surface area contributed by atoms with E-state index in [0.717, 1.165) is 24.3 Å². The number of carbonyl (C=O) groups excluding carboxylic acids is 1. The van der Waals surface area contributed by atoms with Gasteiger partial charge in [-0.1, -0.05) is 17.7 Å². The molecule has 2 aliphatic heterocycles. The molecule has 2 aromatic carbocycles. The predicted octanol–water partition coefficient (Wildman–Crippen LogP) is 6.33. The molecule has 0 aliphatic carbocycles. The zero-order chi connectivity index (χ0) is 33.1. The number of nitriles is 1. The van der Waals surface area contributed by atoms with Gasteiger partial charge in [-0.2, -0.15) is 10.2 Å². The molecule has 1 amide bonds. The summed E-state index contributed by atoms with van der Waals surface area (Å²) in [5.41, 5.74) is 1.16. The standard InChI is InChI=1S/C32H33ClFN5O6S/c1-14(21-9-15(42-6)11-39(21)5)44-30-36-26-24(28(40)37-30)19-13-43-12-18(19)22(25(26)33)16-7-8-20(34)27-23(16)17(10-35)29(46-27)38-31(41)45-32(2,3)4/h7-8,14-15,21H,9,11-13H2,1-6H3,(H,38,41)(H,36,37,40)/t14-,15+,21-/m0/s1. The second-order valence-corrected chi connectivity index (χ2v) is 13.9. The number of aromatic amines is 1. The molecule has 2 aliphatic rings. The zero-order valence-electron chi connectivity index (χ0n) is 26.2. The van der Waals surface area contributed by atoms with Gasteiger partial charge in [0.1, 0.15) is 34.1 Å². The molecular weight excluding hydrogens is 637 g/mol. The van der Waals surface area contributed by atoms with E-state index < -0.39 is 23.1 Å². The van der Waals surface area contributed by atoms with Crippen LogP contribution in [0, 0.1) is 17.1 Å². The van der Waals surface area contributed by atoms with Crippen molar-refractivity contribution in [1.82, 2.24) is 14.9 Å². The molecule has 46 heavy (non-hydrogen) atoms. The lowest BCUT2D eigenvalue weighted by Gasteiger charge is -2.25. The van der Waals surface area contributed by atoms with Gasteiger partial charge in [-0.25, -0.2) is 9.18 Å². The first-order chi connectivity index (χ1) is 21.8. The van der Waals surface area contributed by atoms with Crippen LogP contribution in [0.1, 0.15) is 50.8 Å². The van der Waals surface area contributed by atoms with E-state index >= 15 is 4.39 Å². The number of ether oxygens (including phenoxy) is 4. The molecule has 14 heteroatoms. The minimum absolute atomic E-state index is 0.00679. The Morgan fingerprint density at radius 3 is 2.72 bits per heavy atom. The molecule has 6 rings (SSSR count). The number of thiophene rings is 1. The fourth-order valence-corrected chi connectivity index (χ4v) is 7.70. The maximum Gasteiger partial charge on any atom is 0.412 e.